The number of H-pyrrole nitrogens is 1. The molecule has 0 fully saturated rings. The Labute approximate surface area is 143 Å². The zero-order chi connectivity index (χ0) is 16.5. The predicted molar refractivity (Wildman–Crippen MR) is 94.1 cm³/mol. The van der Waals surface area contributed by atoms with Gasteiger partial charge in [0.2, 0.25) is 5.91 Å². The SMILES string of the molecule is CC[C@@H](Sc1ncnc2nc[nH]c12)C(=O)N1CCc2ccccc21. The van der Waals surface area contributed by atoms with E-state index in [9.17, 15) is 4.79 Å². The third-order valence-electron chi connectivity index (χ3n) is 4.24. The van der Waals surface area contributed by atoms with E-state index in [1.165, 1.54) is 23.7 Å². The molecule has 3 heterocycles. The number of imidazole rings is 1. The minimum atomic E-state index is -0.183. The number of nitrogens with one attached hydrogen (secondary N) is 1. The maximum Gasteiger partial charge on any atom is 0.240 e. The van der Waals surface area contributed by atoms with E-state index in [0.29, 0.717) is 5.65 Å². The average Bonchev–Trinajstić information content (AvgIpc) is 3.26. The highest BCUT2D eigenvalue weighted by Gasteiger charge is 2.30. The number of thioether (sulfide) groups is 1. The quantitative estimate of drug-likeness (QED) is 0.584. The van der Waals surface area contributed by atoms with E-state index >= 15 is 0 Å². The summed E-state index contributed by atoms with van der Waals surface area (Å²) in [4.78, 5) is 30.6. The van der Waals surface area contributed by atoms with Gasteiger partial charge in [-0.05, 0) is 24.5 Å². The molecule has 1 amide bonds. The van der Waals surface area contributed by atoms with Crippen molar-refractivity contribution in [1.82, 2.24) is 19.9 Å². The van der Waals surface area contributed by atoms with E-state index < -0.39 is 0 Å². The second-order valence-corrected chi connectivity index (χ2v) is 6.85. The zero-order valence-electron chi connectivity index (χ0n) is 13.3. The average molecular weight is 339 g/mol. The number of nitrogens with zero attached hydrogens (tertiary/aromatic N) is 4. The van der Waals surface area contributed by atoms with Crippen LogP contribution in [0.4, 0.5) is 5.69 Å². The Kier molecular flexibility index (Phi) is 3.93. The summed E-state index contributed by atoms with van der Waals surface area (Å²) in [5.74, 6) is 0.138. The number of aromatic nitrogens is 4. The van der Waals surface area contributed by atoms with E-state index in [2.05, 4.69) is 26.0 Å². The largest absolute Gasteiger partial charge is 0.341 e. The number of para-hydroxylation sites is 1. The Morgan fingerprint density at radius 2 is 2.21 bits per heavy atom. The van der Waals surface area contributed by atoms with Crippen LogP contribution in [0.25, 0.3) is 11.2 Å². The Hall–Kier alpha value is -2.41. The summed E-state index contributed by atoms with van der Waals surface area (Å²) in [6.07, 6.45) is 4.75. The number of benzene rings is 1. The first-order valence-corrected chi connectivity index (χ1v) is 8.86. The molecule has 1 N–H and O–H groups in total. The Balaban J connectivity index is 1.60. The normalized spacial score (nSPS) is 14.8. The van der Waals surface area contributed by atoms with Gasteiger partial charge in [-0.3, -0.25) is 4.79 Å². The molecule has 1 aliphatic rings. The van der Waals surface area contributed by atoms with Crippen LogP contribution in [0.15, 0.2) is 41.9 Å². The van der Waals surface area contributed by atoms with Crippen LogP contribution in [-0.2, 0) is 11.2 Å². The predicted octanol–water partition coefficient (Wildman–Crippen LogP) is 2.81. The molecule has 0 bridgehead atoms. The lowest BCUT2D eigenvalue weighted by Gasteiger charge is -2.22. The Bertz CT molecular complexity index is 893. The molecule has 7 heteroatoms. The van der Waals surface area contributed by atoms with Crippen molar-refractivity contribution in [3.05, 3.63) is 42.5 Å². The number of amides is 1. The summed E-state index contributed by atoms with van der Waals surface area (Å²) in [7, 11) is 0. The van der Waals surface area contributed by atoms with Gasteiger partial charge in [-0.15, -0.1) is 0 Å². The molecular weight excluding hydrogens is 322 g/mol. The summed E-state index contributed by atoms with van der Waals surface area (Å²) in [5, 5.41) is 0.586. The molecule has 6 nitrogen and oxygen atoms in total. The second kappa shape index (κ2) is 6.24. The lowest BCUT2D eigenvalue weighted by Crippen LogP contribution is -2.36. The number of carbonyl (C=O) groups is 1. The summed E-state index contributed by atoms with van der Waals surface area (Å²) in [5.41, 5.74) is 3.69. The van der Waals surface area contributed by atoms with Crippen molar-refractivity contribution in [3.63, 3.8) is 0 Å². The third kappa shape index (κ3) is 2.54. The second-order valence-electron chi connectivity index (χ2n) is 5.66. The molecule has 0 radical (unpaired) electrons. The molecular formula is C17H17N5OS. The van der Waals surface area contributed by atoms with Gasteiger partial charge in [-0.2, -0.15) is 0 Å². The van der Waals surface area contributed by atoms with Crippen LogP contribution >= 0.6 is 11.8 Å². The molecule has 4 rings (SSSR count). The molecule has 1 aliphatic heterocycles. The van der Waals surface area contributed by atoms with Gasteiger partial charge in [0.05, 0.1) is 11.6 Å². The maximum absolute atomic E-state index is 13.1. The summed E-state index contributed by atoms with van der Waals surface area (Å²) in [6.45, 7) is 2.78. The molecule has 0 unspecified atom stereocenters. The van der Waals surface area contributed by atoms with Crippen LogP contribution in [0.3, 0.4) is 0 Å². The fraction of sp³-hybridized carbons (Fsp3) is 0.294. The highest BCUT2D eigenvalue weighted by molar-refractivity contribution is 8.00. The first-order valence-electron chi connectivity index (χ1n) is 7.98. The molecule has 1 atom stereocenters. The smallest absolute Gasteiger partial charge is 0.240 e. The van der Waals surface area contributed by atoms with Crippen molar-refractivity contribution in [1.29, 1.82) is 0 Å². The van der Waals surface area contributed by atoms with Crippen LogP contribution in [0.2, 0.25) is 0 Å². The minimum absolute atomic E-state index is 0.138. The molecule has 24 heavy (non-hydrogen) atoms. The van der Waals surface area contributed by atoms with Crippen molar-refractivity contribution >= 4 is 34.5 Å². The van der Waals surface area contributed by atoms with Crippen molar-refractivity contribution < 1.29 is 4.79 Å². The van der Waals surface area contributed by atoms with Crippen molar-refractivity contribution in [2.45, 2.75) is 30.0 Å². The number of aromatic amines is 1. The van der Waals surface area contributed by atoms with Crippen LogP contribution < -0.4 is 4.90 Å². The van der Waals surface area contributed by atoms with Crippen molar-refractivity contribution in [2.75, 3.05) is 11.4 Å². The van der Waals surface area contributed by atoms with E-state index in [4.69, 9.17) is 0 Å². The summed E-state index contributed by atoms with van der Waals surface area (Å²) < 4.78 is 0. The topological polar surface area (TPSA) is 74.8 Å². The molecule has 0 saturated carbocycles. The van der Waals surface area contributed by atoms with Gasteiger partial charge in [0, 0.05) is 12.2 Å². The van der Waals surface area contributed by atoms with Gasteiger partial charge in [0.15, 0.2) is 5.65 Å². The number of carbonyl (C=O) groups excluding carboxylic acids is 1. The highest BCUT2D eigenvalue weighted by Crippen LogP contribution is 2.33. The molecule has 122 valence electrons. The van der Waals surface area contributed by atoms with Gasteiger partial charge in [-0.1, -0.05) is 36.9 Å². The lowest BCUT2D eigenvalue weighted by molar-refractivity contribution is -0.118. The number of fused-ring (bicyclic) bond motifs is 2. The number of anilines is 1. The van der Waals surface area contributed by atoms with Gasteiger partial charge in [-0.25, -0.2) is 15.0 Å². The van der Waals surface area contributed by atoms with E-state index in [0.717, 1.165) is 35.6 Å². The molecule has 3 aromatic rings. The highest BCUT2D eigenvalue weighted by atomic mass is 32.2. The first kappa shape index (κ1) is 15.1. The third-order valence-corrected chi connectivity index (χ3v) is 5.59. The fourth-order valence-electron chi connectivity index (χ4n) is 3.02. The van der Waals surface area contributed by atoms with Crippen LogP contribution in [0, 0.1) is 0 Å². The van der Waals surface area contributed by atoms with Gasteiger partial charge >= 0.3 is 0 Å². The monoisotopic (exact) mass is 339 g/mol. The van der Waals surface area contributed by atoms with E-state index in [1.54, 1.807) is 6.33 Å². The fourth-order valence-corrected chi connectivity index (χ4v) is 4.06. The van der Waals surface area contributed by atoms with Gasteiger partial charge in [0.1, 0.15) is 16.9 Å². The molecule has 0 saturated heterocycles. The molecule has 0 spiro atoms. The van der Waals surface area contributed by atoms with E-state index in [1.807, 2.05) is 30.0 Å². The maximum atomic E-state index is 13.1. The van der Waals surface area contributed by atoms with Crippen LogP contribution in [0.1, 0.15) is 18.9 Å². The number of rotatable bonds is 4. The minimum Gasteiger partial charge on any atom is -0.341 e. The van der Waals surface area contributed by atoms with Crippen molar-refractivity contribution in [3.8, 4) is 0 Å². The lowest BCUT2D eigenvalue weighted by atomic mass is 10.2. The Morgan fingerprint density at radius 1 is 1.33 bits per heavy atom. The number of hydrogen-bond donors (Lipinski definition) is 1. The number of hydrogen-bond acceptors (Lipinski definition) is 5. The molecule has 2 aromatic heterocycles. The summed E-state index contributed by atoms with van der Waals surface area (Å²) in [6, 6.07) is 8.12. The standard InChI is InChI=1S/C17H17N5OS/c1-2-13(24-16-14-15(19-9-18-14)20-10-21-16)17(23)22-8-7-11-5-3-4-6-12(11)22/h3-6,9-10,13H,2,7-8H2,1H3,(H,18,19,20,21)/t13-/m1/s1. The molecule has 0 aliphatic carbocycles. The van der Waals surface area contributed by atoms with Gasteiger partial charge in [0.25, 0.3) is 0 Å². The Morgan fingerprint density at radius 3 is 3.08 bits per heavy atom. The first-order chi connectivity index (χ1) is 11.8. The van der Waals surface area contributed by atoms with Crippen molar-refractivity contribution in [2.24, 2.45) is 0 Å². The van der Waals surface area contributed by atoms with Gasteiger partial charge < -0.3 is 9.88 Å². The summed E-state index contributed by atoms with van der Waals surface area (Å²) >= 11 is 1.48. The molecule has 1 aromatic carbocycles. The van der Waals surface area contributed by atoms with E-state index in [-0.39, 0.29) is 11.2 Å². The van der Waals surface area contributed by atoms with Crippen LogP contribution in [-0.4, -0.2) is 37.6 Å². The zero-order valence-corrected chi connectivity index (χ0v) is 14.1. The van der Waals surface area contributed by atoms with Crippen LogP contribution in [0.5, 0.6) is 0 Å².